The summed E-state index contributed by atoms with van der Waals surface area (Å²) in [7, 11) is 1.68. The van der Waals surface area contributed by atoms with E-state index in [1.54, 1.807) is 7.11 Å². The second-order valence-corrected chi connectivity index (χ2v) is 6.74. The van der Waals surface area contributed by atoms with E-state index in [4.69, 9.17) is 9.47 Å². The molecule has 0 heterocycles. The first-order valence-electron chi connectivity index (χ1n) is 8.89. The maximum Gasteiger partial charge on any atom is 0.122 e. The number of nitrogens with zero attached hydrogens (tertiary/aromatic N) is 1. The molecule has 2 aromatic carbocycles. The number of aliphatic hydroxyl groups excluding tert-OH is 1. The average Bonchev–Trinajstić information content (AvgIpc) is 3.46. The number of rotatable bonds is 9. The number of methoxy groups -OCH3 is 1. The smallest absolute Gasteiger partial charge is 0.122 e. The van der Waals surface area contributed by atoms with Crippen LogP contribution in [0.25, 0.3) is 0 Å². The van der Waals surface area contributed by atoms with Crippen LogP contribution in [-0.2, 0) is 6.54 Å². The lowest BCUT2D eigenvalue weighted by Gasteiger charge is -2.25. The Labute approximate surface area is 150 Å². The van der Waals surface area contributed by atoms with Crippen molar-refractivity contribution in [2.24, 2.45) is 0 Å². The Morgan fingerprint density at radius 3 is 2.68 bits per heavy atom. The highest BCUT2D eigenvalue weighted by Crippen LogP contribution is 2.29. The van der Waals surface area contributed by atoms with Crippen molar-refractivity contribution >= 4 is 0 Å². The van der Waals surface area contributed by atoms with E-state index in [1.165, 1.54) is 18.4 Å². The third-order valence-electron chi connectivity index (χ3n) is 4.55. The Kier molecular flexibility index (Phi) is 5.95. The molecule has 1 fully saturated rings. The van der Waals surface area contributed by atoms with Gasteiger partial charge in [0.05, 0.1) is 7.11 Å². The molecule has 3 rings (SSSR count). The fourth-order valence-electron chi connectivity index (χ4n) is 3.02. The van der Waals surface area contributed by atoms with Crippen molar-refractivity contribution in [1.29, 1.82) is 0 Å². The van der Waals surface area contributed by atoms with Gasteiger partial charge in [0, 0.05) is 19.1 Å². The number of aliphatic hydroxyl groups is 1. The second kappa shape index (κ2) is 8.37. The summed E-state index contributed by atoms with van der Waals surface area (Å²) in [6, 6.07) is 16.6. The van der Waals surface area contributed by atoms with E-state index in [2.05, 4.69) is 17.0 Å². The summed E-state index contributed by atoms with van der Waals surface area (Å²) in [5.74, 6) is 1.71. The molecule has 1 saturated carbocycles. The fraction of sp³-hybridized carbons (Fsp3) is 0.429. The van der Waals surface area contributed by atoms with Crippen LogP contribution in [0.4, 0.5) is 0 Å². The topological polar surface area (TPSA) is 41.9 Å². The summed E-state index contributed by atoms with van der Waals surface area (Å²) in [6.45, 7) is 3.77. The Morgan fingerprint density at radius 1 is 1.16 bits per heavy atom. The first kappa shape index (κ1) is 17.8. The van der Waals surface area contributed by atoms with Crippen molar-refractivity contribution in [3.8, 4) is 11.5 Å². The van der Waals surface area contributed by atoms with E-state index in [-0.39, 0.29) is 0 Å². The zero-order chi connectivity index (χ0) is 17.6. The van der Waals surface area contributed by atoms with Gasteiger partial charge >= 0.3 is 0 Å². The summed E-state index contributed by atoms with van der Waals surface area (Å²) in [5.41, 5.74) is 2.29. The molecule has 25 heavy (non-hydrogen) atoms. The molecule has 0 amide bonds. The Hall–Kier alpha value is -2.04. The highest BCUT2D eigenvalue weighted by molar-refractivity contribution is 5.31. The van der Waals surface area contributed by atoms with Crippen LogP contribution in [0, 0.1) is 6.92 Å². The summed E-state index contributed by atoms with van der Waals surface area (Å²) in [5, 5.41) is 10.4. The normalized spacial score (nSPS) is 15.2. The van der Waals surface area contributed by atoms with Crippen molar-refractivity contribution in [2.45, 2.75) is 38.5 Å². The average molecular weight is 341 g/mol. The van der Waals surface area contributed by atoms with Gasteiger partial charge in [-0.1, -0.05) is 30.3 Å². The molecule has 1 aliphatic rings. The van der Waals surface area contributed by atoms with Gasteiger partial charge < -0.3 is 14.6 Å². The third-order valence-corrected chi connectivity index (χ3v) is 4.55. The van der Waals surface area contributed by atoms with Gasteiger partial charge in [0.15, 0.2) is 0 Å². The molecule has 2 aromatic rings. The second-order valence-electron chi connectivity index (χ2n) is 6.74. The molecule has 4 nitrogen and oxygen atoms in total. The van der Waals surface area contributed by atoms with Crippen molar-refractivity contribution in [1.82, 2.24) is 4.90 Å². The molecule has 0 bridgehead atoms. The fourth-order valence-corrected chi connectivity index (χ4v) is 3.02. The first-order valence-corrected chi connectivity index (χ1v) is 8.89. The minimum absolute atomic E-state index is 0.312. The van der Waals surface area contributed by atoms with Crippen LogP contribution < -0.4 is 9.47 Å². The predicted molar refractivity (Wildman–Crippen MR) is 99.1 cm³/mol. The molecule has 0 radical (unpaired) electrons. The molecule has 1 unspecified atom stereocenters. The van der Waals surface area contributed by atoms with E-state index < -0.39 is 6.10 Å². The lowest BCUT2D eigenvalue weighted by Crippen LogP contribution is -2.36. The molecule has 0 aromatic heterocycles. The third kappa shape index (κ3) is 5.21. The van der Waals surface area contributed by atoms with Gasteiger partial charge in [0.1, 0.15) is 24.2 Å². The van der Waals surface area contributed by atoms with Crippen molar-refractivity contribution in [3.05, 3.63) is 59.7 Å². The zero-order valence-electron chi connectivity index (χ0n) is 15.0. The van der Waals surface area contributed by atoms with Gasteiger partial charge in [-0.3, -0.25) is 4.90 Å². The van der Waals surface area contributed by atoms with Crippen LogP contribution in [-0.4, -0.2) is 42.4 Å². The molecule has 1 N–H and O–H groups in total. The number of aryl methyl sites for hydroxylation is 1. The maximum atomic E-state index is 10.4. The Morgan fingerprint density at radius 2 is 1.96 bits per heavy atom. The quantitative estimate of drug-likeness (QED) is 0.759. The lowest BCUT2D eigenvalue weighted by molar-refractivity contribution is 0.0624. The van der Waals surface area contributed by atoms with Crippen LogP contribution >= 0.6 is 0 Å². The van der Waals surface area contributed by atoms with Crippen LogP contribution in [0.15, 0.2) is 48.5 Å². The molecular weight excluding hydrogens is 314 g/mol. The highest BCUT2D eigenvalue weighted by Gasteiger charge is 2.30. The van der Waals surface area contributed by atoms with Crippen molar-refractivity contribution in [3.63, 3.8) is 0 Å². The minimum atomic E-state index is -0.509. The molecule has 0 aliphatic heterocycles. The Balaban J connectivity index is 1.55. The SMILES string of the molecule is COc1cccc(CN(CC(O)COc2ccccc2C)C2CC2)c1. The zero-order valence-corrected chi connectivity index (χ0v) is 15.0. The van der Waals surface area contributed by atoms with E-state index in [1.807, 2.05) is 43.3 Å². The number of benzene rings is 2. The minimum Gasteiger partial charge on any atom is -0.497 e. The van der Waals surface area contributed by atoms with Crippen molar-refractivity contribution < 1.29 is 14.6 Å². The molecule has 4 heteroatoms. The molecule has 134 valence electrons. The first-order chi connectivity index (χ1) is 12.2. The number of hydrogen-bond acceptors (Lipinski definition) is 4. The van der Waals surface area contributed by atoms with Crippen LogP contribution in [0.5, 0.6) is 11.5 Å². The Bertz CT molecular complexity index is 684. The van der Waals surface area contributed by atoms with Gasteiger partial charge in [-0.05, 0) is 49.1 Å². The van der Waals surface area contributed by atoms with Crippen LogP contribution in [0.3, 0.4) is 0 Å². The van der Waals surface area contributed by atoms with Crippen LogP contribution in [0.1, 0.15) is 24.0 Å². The molecule has 0 spiro atoms. The summed E-state index contributed by atoms with van der Waals surface area (Å²) in [6.07, 6.45) is 1.90. The van der Waals surface area contributed by atoms with E-state index in [0.717, 1.165) is 23.6 Å². The van der Waals surface area contributed by atoms with Gasteiger partial charge in [-0.15, -0.1) is 0 Å². The van der Waals surface area contributed by atoms with E-state index >= 15 is 0 Å². The standard InChI is InChI=1S/C21H27NO3/c1-16-6-3-4-9-21(16)25-15-19(23)14-22(18-10-11-18)13-17-7-5-8-20(12-17)24-2/h3-9,12,18-19,23H,10-11,13-15H2,1-2H3. The van der Waals surface area contributed by atoms with Gasteiger partial charge in [-0.25, -0.2) is 0 Å². The predicted octanol–water partition coefficient (Wildman–Crippen LogP) is 3.41. The highest BCUT2D eigenvalue weighted by atomic mass is 16.5. The van der Waals surface area contributed by atoms with Crippen LogP contribution in [0.2, 0.25) is 0 Å². The lowest BCUT2D eigenvalue weighted by atomic mass is 10.2. The molecular formula is C21H27NO3. The molecule has 1 atom stereocenters. The summed E-state index contributed by atoms with van der Waals surface area (Å²) >= 11 is 0. The van der Waals surface area contributed by atoms with Gasteiger partial charge in [-0.2, -0.15) is 0 Å². The van der Waals surface area contributed by atoms with Gasteiger partial charge in [0.2, 0.25) is 0 Å². The molecule has 0 saturated heterocycles. The number of para-hydroxylation sites is 1. The van der Waals surface area contributed by atoms with E-state index in [9.17, 15) is 5.11 Å². The maximum absolute atomic E-state index is 10.4. The number of hydrogen-bond donors (Lipinski definition) is 1. The summed E-state index contributed by atoms with van der Waals surface area (Å²) < 4.78 is 11.1. The van der Waals surface area contributed by atoms with Crippen molar-refractivity contribution in [2.75, 3.05) is 20.3 Å². The van der Waals surface area contributed by atoms with E-state index in [0.29, 0.717) is 19.2 Å². The largest absolute Gasteiger partial charge is 0.497 e. The number of ether oxygens (including phenoxy) is 2. The summed E-state index contributed by atoms with van der Waals surface area (Å²) in [4.78, 5) is 2.35. The molecule has 1 aliphatic carbocycles. The monoisotopic (exact) mass is 341 g/mol. The van der Waals surface area contributed by atoms with Gasteiger partial charge in [0.25, 0.3) is 0 Å².